The summed E-state index contributed by atoms with van der Waals surface area (Å²) in [6.07, 6.45) is -2.03. The molecule has 5 nitrogen and oxygen atoms in total. The van der Waals surface area contributed by atoms with Gasteiger partial charge in [0.25, 0.3) is 0 Å². The summed E-state index contributed by atoms with van der Waals surface area (Å²) < 4.78 is 31.0. The molecule has 0 spiro atoms. The molecule has 0 heterocycles. The van der Waals surface area contributed by atoms with Gasteiger partial charge >= 0.3 is 0 Å². The first-order chi connectivity index (χ1) is 14.6. The Morgan fingerprint density at radius 1 is 0.733 bits per heavy atom. The summed E-state index contributed by atoms with van der Waals surface area (Å²) in [4.78, 5) is 0. The third kappa shape index (κ3) is 6.56. The fourth-order valence-corrected chi connectivity index (χ4v) is 2.84. The molecule has 3 aromatic rings. The zero-order chi connectivity index (χ0) is 21.2. The molecule has 2 atom stereocenters. The molecular formula is C24H25FO5. The molecule has 0 aliphatic heterocycles. The van der Waals surface area contributed by atoms with Crippen molar-refractivity contribution in [1.29, 1.82) is 0 Å². The Hall–Kier alpha value is -2.93. The van der Waals surface area contributed by atoms with E-state index in [1.54, 1.807) is 0 Å². The number of benzene rings is 3. The van der Waals surface area contributed by atoms with Crippen LogP contribution in [-0.4, -0.2) is 35.6 Å². The molecule has 0 aromatic heterocycles. The number of phenols is 1. The van der Waals surface area contributed by atoms with E-state index in [2.05, 4.69) is 0 Å². The Balaban J connectivity index is 1.61. The largest absolute Gasteiger partial charge is 0.504 e. The number of rotatable bonds is 11. The third-order valence-electron chi connectivity index (χ3n) is 4.44. The minimum absolute atomic E-state index is 0.0153. The van der Waals surface area contributed by atoms with Crippen molar-refractivity contribution >= 4 is 0 Å². The smallest absolute Gasteiger partial charge is 0.197 e. The first-order valence-corrected chi connectivity index (χ1v) is 9.69. The molecule has 0 bridgehead atoms. The molecule has 30 heavy (non-hydrogen) atoms. The quantitative estimate of drug-likeness (QED) is 0.497. The minimum Gasteiger partial charge on any atom is -0.504 e. The van der Waals surface area contributed by atoms with E-state index in [0.717, 1.165) is 11.1 Å². The van der Waals surface area contributed by atoms with Gasteiger partial charge in [-0.05, 0) is 23.3 Å². The normalized spacial score (nSPS) is 13.0. The fraction of sp³-hybridized carbons (Fsp3) is 0.250. The lowest BCUT2D eigenvalue weighted by Crippen LogP contribution is -2.39. The second-order valence-electron chi connectivity index (χ2n) is 6.81. The molecule has 6 heteroatoms. The Morgan fingerprint density at radius 3 is 1.87 bits per heavy atom. The lowest BCUT2D eigenvalue weighted by atomic mass is 10.2. The predicted molar refractivity (Wildman–Crippen MR) is 111 cm³/mol. The topological polar surface area (TPSA) is 68.2 Å². The van der Waals surface area contributed by atoms with Gasteiger partial charge in [0.1, 0.15) is 6.10 Å². The number of para-hydroxylation sites is 1. The molecule has 1 unspecified atom stereocenters. The van der Waals surface area contributed by atoms with E-state index in [-0.39, 0.29) is 24.7 Å². The maximum atomic E-state index is 14.1. The van der Waals surface area contributed by atoms with Crippen LogP contribution < -0.4 is 4.74 Å². The number of ether oxygens (including phenoxy) is 3. The zero-order valence-electron chi connectivity index (χ0n) is 16.5. The molecule has 0 fully saturated rings. The van der Waals surface area contributed by atoms with Gasteiger partial charge in [0.15, 0.2) is 23.4 Å². The van der Waals surface area contributed by atoms with Crippen molar-refractivity contribution in [3.05, 3.63) is 95.8 Å². The van der Waals surface area contributed by atoms with E-state index in [1.165, 1.54) is 18.2 Å². The number of aromatic hydroxyl groups is 1. The Labute approximate surface area is 175 Å². The lowest BCUT2D eigenvalue weighted by Gasteiger charge is -2.25. The third-order valence-corrected chi connectivity index (χ3v) is 4.44. The van der Waals surface area contributed by atoms with Crippen LogP contribution in [0, 0.1) is 5.82 Å². The maximum Gasteiger partial charge on any atom is 0.197 e. The highest BCUT2D eigenvalue weighted by atomic mass is 19.1. The van der Waals surface area contributed by atoms with Gasteiger partial charge in [-0.2, -0.15) is 0 Å². The monoisotopic (exact) mass is 412 g/mol. The average Bonchev–Trinajstić information content (AvgIpc) is 2.76. The first kappa shape index (κ1) is 21.8. The van der Waals surface area contributed by atoms with Crippen molar-refractivity contribution in [2.24, 2.45) is 0 Å². The van der Waals surface area contributed by atoms with Crippen LogP contribution in [0.1, 0.15) is 11.1 Å². The second-order valence-corrected chi connectivity index (χ2v) is 6.81. The summed E-state index contributed by atoms with van der Waals surface area (Å²) in [5.41, 5.74) is 1.93. The molecular weight excluding hydrogens is 387 g/mol. The van der Waals surface area contributed by atoms with E-state index in [9.17, 15) is 14.6 Å². The van der Waals surface area contributed by atoms with Gasteiger partial charge in [0.2, 0.25) is 0 Å². The van der Waals surface area contributed by atoms with Crippen molar-refractivity contribution in [3.63, 3.8) is 0 Å². The summed E-state index contributed by atoms with van der Waals surface area (Å²) in [7, 11) is 0. The molecule has 158 valence electrons. The standard InChI is InChI=1S/C24H25FO5/c25-20-12-7-13-21(26)24(20)30-23(17-29-15-19-10-5-2-6-11-19)22(27)16-28-14-18-8-3-1-4-9-18/h1-13,22-23,26-27H,14-17H2/t22?,23-/m1/s1. The van der Waals surface area contributed by atoms with E-state index >= 15 is 0 Å². The fourth-order valence-electron chi connectivity index (χ4n) is 2.84. The molecule has 2 N–H and O–H groups in total. The van der Waals surface area contributed by atoms with Crippen molar-refractivity contribution in [2.45, 2.75) is 25.4 Å². The average molecular weight is 412 g/mol. The van der Waals surface area contributed by atoms with Gasteiger partial charge in [-0.15, -0.1) is 0 Å². The number of hydrogen-bond acceptors (Lipinski definition) is 5. The van der Waals surface area contributed by atoms with E-state index in [4.69, 9.17) is 14.2 Å². The lowest BCUT2D eigenvalue weighted by molar-refractivity contribution is -0.0667. The van der Waals surface area contributed by atoms with Gasteiger partial charge in [0.05, 0.1) is 26.4 Å². The molecule has 0 aliphatic carbocycles. The van der Waals surface area contributed by atoms with E-state index in [1.807, 2.05) is 60.7 Å². The number of hydrogen-bond donors (Lipinski definition) is 2. The Bertz CT molecular complexity index is 868. The molecule has 0 amide bonds. The minimum atomic E-state index is -1.09. The summed E-state index contributed by atoms with van der Waals surface area (Å²) >= 11 is 0. The van der Waals surface area contributed by atoms with Gasteiger partial charge < -0.3 is 24.4 Å². The summed E-state index contributed by atoms with van der Waals surface area (Å²) in [6, 6.07) is 23.0. The molecule has 0 radical (unpaired) electrons. The van der Waals surface area contributed by atoms with Crippen LogP contribution in [0.25, 0.3) is 0 Å². The molecule has 0 saturated heterocycles. The zero-order valence-corrected chi connectivity index (χ0v) is 16.5. The van der Waals surface area contributed by atoms with Crippen molar-refractivity contribution in [3.8, 4) is 11.5 Å². The van der Waals surface area contributed by atoms with Gasteiger partial charge in [-0.3, -0.25) is 0 Å². The number of aliphatic hydroxyl groups excluding tert-OH is 1. The summed E-state index contributed by atoms with van der Waals surface area (Å²) in [5.74, 6) is -1.39. The predicted octanol–water partition coefficient (Wildman–Crippen LogP) is 4.07. The van der Waals surface area contributed by atoms with Crippen LogP contribution in [0.3, 0.4) is 0 Å². The number of phenolic OH excluding ortho intramolecular Hbond substituents is 1. The number of halogens is 1. The molecule has 0 saturated carbocycles. The van der Waals surface area contributed by atoms with Crippen LogP contribution in [0.15, 0.2) is 78.9 Å². The summed E-state index contributed by atoms with van der Waals surface area (Å²) in [5, 5.41) is 20.5. The highest BCUT2D eigenvalue weighted by molar-refractivity contribution is 5.39. The highest BCUT2D eigenvalue weighted by Crippen LogP contribution is 2.30. The molecule has 3 aromatic carbocycles. The van der Waals surface area contributed by atoms with Crippen molar-refractivity contribution < 1.29 is 28.8 Å². The Morgan fingerprint density at radius 2 is 1.30 bits per heavy atom. The van der Waals surface area contributed by atoms with Gasteiger partial charge in [0, 0.05) is 0 Å². The highest BCUT2D eigenvalue weighted by Gasteiger charge is 2.25. The first-order valence-electron chi connectivity index (χ1n) is 9.69. The number of aliphatic hydroxyl groups is 1. The Kier molecular flexibility index (Phi) is 8.20. The van der Waals surface area contributed by atoms with E-state index in [0.29, 0.717) is 13.2 Å². The van der Waals surface area contributed by atoms with Crippen LogP contribution in [-0.2, 0) is 22.7 Å². The molecule has 0 aliphatic rings. The van der Waals surface area contributed by atoms with Crippen LogP contribution in [0.4, 0.5) is 4.39 Å². The molecule has 3 rings (SSSR count). The van der Waals surface area contributed by atoms with E-state index < -0.39 is 18.0 Å². The van der Waals surface area contributed by atoms with Crippen molar-refractivity contribution in [2.75, 3.05) is 13.2 Å². The van der Waals surface area contributed by atoms with Crippen molar-refractivity contribution in [1.82, 2.24) is 0 Å². The van der Waals surface area contributed by atoms with Crippen LogP contribution in [0.2, 0.25) is 0 Å². The second kappa shape index (κ2) is 11.3. The van der Waals surface area contributed by atoms with Gasteiger partial charge in [-0.1, -0.05) is 66.7 Å². The van der Waals surface area contributed by atoms with Crippen LogP contribution >= 0.6 is 0 Å². The summed E-state index contributed by atoms with van der Waals surface area (Å²) in [6.45, 7) is 0.573. The SMILES string of the molecule is Oc1cccc(F)c1O[C@H](COCc1ccccc1)C(O)COCc1ccccc1. The van der Waals surface area contributed by atoms with Crippen LogP contribution in [0.5, 0.6) is 11.5 Å². The van der Waals surface area contributed by atoms with Gasteiger partial charge in [-0.25, -0.2) is 4.39 Å². The maximum absolute atomic E-state index is 14.1.